The van der Waals surface area contributed by atoms with Crippen molar-refractivity contribution >= 4 is 5.91 Å². The smallest absolute Gasteiger partial charge is 0.225 e. The molecule has 0 aliphatic heterocycles. The van der Waals surface area contributed by atoms with Crippen LogP contribution in [0.4, 0.5) is 0 Å². The highest BCUT2D eigenvalue weighted by atomic mass is 16.2. The third-order valence-corrected chi connectivity index (χ3v) is 3.70. The highest BCUT2D eigenvalue weighted by Gasteiger charge is 2.28. The van der Waals surface area contributed by atoms with E-state index in [4.69, 9.17) is 5.73 Å². The summed E-state index contributed by atoms with van der Waals surface area (Å²) in [7, 11) is 1.87. The van der Waals surface area contributed by atoms with Gasteiger partial charge in [-0.3, -0.25) is 4.79 Å². The summed E-state index contributed by atoms with van der Waals surface area (Å²) in [6, 6.07) is 0.176. The van der Waals surface area contributed by atoms with Crippen LogP contribution in [0.1, 0.15) is 48.0 Å². The lowest BCUT2D eigenvalue weighted by molar-refractivity contribution is -0.137. The molecule has 0 aromatic heterocycles. The standard InChI is InChI=1S/C14H30N2O/c1-10(2)12(15)8-9-16(7)13(17)11(3)14(4,5)6/h10-12H,8-9,15H2,1-7H3. The zero-order chi connectivity index (χ0) is 13.8. The van der Waals surface area contributed by atoms with E-state index in [0.29, 0.717) is 5.92 Å². The van der Waals surface area contributed by atoms with Crippen LogP contribution in [-0.2, 0) is 4.79 Å². The molecule has 0 aliphatic rings. The van der Waals surface area contributed by atoms with Crippen molar-refractivity contribution in [3.8, 4) is 0 Å². The van der Waals surface area contributed by atoms with Crippen molar-refractivity contribution in [1.82, 2.24) is 4.90 Å². The predicted molar refractivity (Wildman–Crippen MR) is 73.7 cm³/mol. The average molecular weight is 242 g/mol. The third-order valence-electron chi connectivity index (χ3n) is 3.70. The number of rotatable bonds is 5. The first kappa shape index (κ1) is 16.4. The van der Waals surface area contributed by atoms with Gasteiger partial charge in [-0.1, -0.05) is 41.5 Å². The van der Waals surface area contributed by atoms with Gasteiger partial charge in [0.2, 0.25) is 5.91 Å². The summed E-state index contributed by atoms with van der Waals surface area (Å²) in [4.78, 5) is 14.0. The molecule has 0 saturated heterocycles. The van der Waals surface area contributed by atoms with Gasteiger partial charge in [-0.2, -0.15) is 0 Å². The number of carbonyl (C=O) groups is 1. The van der Waals surface area contributed by atoms with E-state index in [0.717, 1.165) is 13.0 Å². The maximum absolute atomic E-state index is 12.2. The Labute approximate surface area is 107 Å². The van der Waals surface area contributed by atoms with Crippen LogP contribution in [0.15, 0.2) is 0 Å². The van der Waals surface area contributed by atoms with Gasteiger partial charge < -0.3 is 10.6 Å². The Bertz CT molecular complexity index is 243. The first-order chi connectivity index (χ1) is 7.57. The van der Waals surface area contributed by atoms with Crippen molar-refractivity contribution in [3.63, 3.8) is 0 Å². The van der Waals surface area contributed by atoms with Crippen LogP contribution in [-0.4, -0.2) is 30.4 Å². The molecule has 0 spiro atoms. The second-order valence-corrected chi connectivity index (χ2v) is 6.54. The molecule has 0 aromatic rings. The molecule has 0 aliphatic carbocycles. The summed E-state index contributed by atoms with van der Waals surface area (Å²) in [5, 5.41) is 0. The Morgan fingerprint density at radius 1 is 1.24 bits per heavy atom. The van der Waals surface area contributed by atoms with Crippen LogP contribution in [0.3, 0.4) is 0 Å². The number of nitrogens with two attached hydrogens (primary N) is 1. The number of nitrogens with zero attached hydrogens (tertiary/aromatic N) is 1. The molecule has 0 fully saturated rings. The van der Waals surface area contributed by atoms with E-state index in [1.54, 1.807) is 0 Å². The minimum atomic E-state index is 0.0194. The second-order valence-electron chi connectivity index (χ2n) is 6.54. The van der Waals surface area contributed by atoms with E-state index in [1.165, 1.54) is 0 Å². The van der Waals surface area contributed by atoms with E-state index in [2.05, 4.69) is 34.6 Å². The Hall–Kier alpha value is -0.570. The van der Waals surface area contributed by atoms with Gasteiger partial charge in [0.05, 0.1) is 0 Å². The van der Waals surface area contributed by atoms with Gasteiger partial charge in [0, 0.05) is 25.6 Å². The largest absolute Gasteiger partial charge is 0.345 e. The Balaban J connectivity index is 4.24. The van der Waals surface area contributed by atoms with Gasteiger partial charge in [-0.15, -0.1) is 0 Å². The van der Waals surface area contributed by atoms with Crippen molar-refractivity contribution < 1.29 is 4.79 Å². The van der Waals surface area contributed by atoms with E-state index in [1.807, 2.05) is 18.9 Å². The monoisotopic (exact) mass is 242 g/mol. The van der Waals surface area contributed by atoms with E-state index < -0.39 is 0 Å². The van der Waals surface area contributed by atoms with Crippen molar-refractivity contribution in [2.75, 3.05) is 13.6 Å². The minimum absolute atomic E-state index is 0.0194. The molecule has 3 nitrogen and oxygen atoms in total. The highest BCUT2D eigenvalue weighted by Crippen LogP contribution is 2.26. The molecule has 2 N–H and O–H groups in total. The lowest BCUT2D eigenvalue weighted by Gasteiger charge is -2.31. The number of hydrogen-bond acceptors (Lipinski definition) is 2. The molecule has 17 heavy (non-hydrogen) atoms. The van der Waals surface area contributed by atoms with Gasteiger partial charge in [-0.05, 0) is 17.8 Å². The Morgan fingerprint density at radius 2 is 1.71 bits per heavy atom. The van der Waals surface area contributed by atoms with Crippen LogP contribution < -0.4 is 5.73 Å². The van der Waals surface area contributed by atoms with Crippen molar-refractivity contribution in [3.05, 3.63) is 0 Å². The molecule has 1 amide bonds. The molecule has 2 unspecified atom stereocenters. The molecular weight excluding hydrogens is 212 g/mol. The van der Waals surface area contributed by atoms with Crippen LogP contribution in [0.2, 0.25) is 0 Å². The summed E-state index contributed by atoms with van der Waals surface area (Å²) in [5.41, 5.74) is 6.01. The summed E-state index contributed by atoms with van der Waals surface area (Å²) in [6.45, 7) is 13.3. The van der Waals surface area contributed by atoms with Crippen molar-refractivity contribution in [2.24, 2.45) is 23.0 Å². The maximum Gasteiger partial charge on any atom is 0.225 e. The summed E-state index contributed by atoms with van der Waals surface area (Å²) in [6.07, 6.45) is 0.872. The van der Waals surface area contributed by atoms with E-state index in [-0.39, 0.29) is 23.3 Å². The minimum Gasteiger partial charge on any atom is -0.345 e. The molecule has 2 atom stereocenters. The van der Waals surface area contributed by atoms with Gasteiger partial charge in [0.15, 0.2) is 0 Å². The normalized spacial score (nSPS) is 15.8. The lowest BCUT2D eigenvalue weighted by atomic mass is 9.81. The Kier molecular flexibility index (Phi) is 6.17. The summed E-state index contributed by atoms with van der Waals surface area (Å²) < 4.78 is 0. The topological polar surface area (TPSA) is 46.3 Å². The zero-order valence-corrected chi connectivity index (χ0v) is 12.6. The number of hydrogen-bond donors (Lipinski definition) is 1. The molecular formula is C14H30N2O. The molecule has 3 heteroatoms. The number of carbonyl (C=O) groups excluding carboxylic acids is 1. The van der Waals surface area contributed by atoms with Crippen LogP contribution >= 0.6 is 0 Å². The first-order valence-corrected chi connectivity index (χ1v) is 6.58. The van der Waals surface area contributed by atoms with Crippen LogP contribution in [0.25, 0.3) is 0 Å². The highest BCUT2D eigenvalue weighted by molar-refractivity contribution is 5.78. The van der Waals surface area contributed by atoms with Crippen LogP contribution in [0.5, 0.6) is 0 Å². The van der Waals surface area contributed by atoms with E-state index >= 15 is 0 Å². The van der Waals surface area contributed by atoms with Gasteiger partial charge >= 0.3 is 0 Å². The Morgan fingerprint density at radius 3 is 2.06 bits per heavy atom. The molecule has 0 bridgehead atoms. The first-order valence-electron chi connectivity index (χ1n) is 6.58. The van der Waals surface area contributed by atoms with Gasteiger partial charge in [0.25, 0.3) is 0 Å². The SMILES string of the molecule is CC(C)C(N)CCN(C)C(=O)C(C)C(C)(C)C. The van der Waals surface area contributed by atoms with Crippen molar-refractivity contribution in [2.45, 2.75) is 54.0 Å². The summed E-state index contributed by atoms with van der Waals surface area (Å²) >= 11 is 0. The average Bonchev–Trinajstić information content (AvgIpc) is 2.21. The molecule has 0 aromatic carbocycles. The predicted octanol–water partition coefficient (Wildman–Crippen LogP) is 2.50. The fourth-order valence-corrected chi connectivity index (χ4v) is 1.49. The molecule has 0 saturated carbocycles. The quantitative estimate of drug-likeness (QED) is 0.805. The number of amides is 1. The molecule has 0 heterocycles. The fourth-order valence-electron chi connectivity index (χ4n) is 1.49. The second kappa shape index (κ2) is 6.39. The third kappa shape index (κ3) is 5.53. The molecule has 0 radical (unpaired) electrons. The molecule has 102 valence electrons. The van der Waals surface area contributed by atoms with Crippen molar-refractivity contribution in [1.29, 1.82) is 0 Å². The van der Waals surface area contributed by atoms with Gasteiger partial charge in [-0.25, -0.2) is 0 Å². The molecule has 0 rings (SSSR count). The van der Waals surface area contributed by atoms with Gasteiger partial charge in [0.1, 0.15) is 0 Å². The summed E-state index contributed by atoms with van der Waals surface area (Å²) in [5.74, 6) is 0.731. The van der Waals surface area contributed by atoms with E-state index in [9.17, 15) is 4.79 Å². The maximum atomic E-state index is 12.2. The fraction of sp³-hybridized carbons (Fsp3) is 0.929. The van der Waals surface area contributed by atoms with Crippen LogP contribution in [0, 0.1) is 17.3 Å². The lowest BCUT2D eigenvalue weighted by Crippen LogP contribution is -2.40. The zero-order valence-electron chi connectivity index (χ0n) is 12.6.